The van der Waals surface area contributed by atoms with Gasteiger partial charge in [0.25, 0.3) is 0 Å². The molecular formula is C10H14BrNS. The van der Waals surface area contributed by atoms with Crippen LogP contribution < -0.4 is 5.73 Å². The van der Waals surface area contributed by atoms with Crippen LogP contribution >= 0.6 is 27.7 Å². The van der Waals surface area contributed by atoms with Crippen molar-refractivity contribution in [2.45, 2.75) is 12.5 Å². The summed E-state index contributed by atoms with van der Waals surface area (Å²) < 4.78 is 1.16. The Bertz CT molecular complexity index is 265. The Morgan fingerprint density at radius 1 is 1.46 bits per heavy atom. The first-order chi connectivity index (χ1) is 6.24. The van der Waals surface area contributed by atoms with E-state index in [4.69, 9.17) is 5.73 Å². The van der Waals surface area contributed by atoms with Crippen molar-refractivity contribution < 1.29 is 0 Å². The Balaban J connectivity index is 2.58. The molecule has 72 valence electrons. The predicted molar refractivity (Wildman–Crippen MR) is 64.2 cm³/mol. The Kier molecular flexibility index (Phi) is 4.84. The molecule has 0 spiro atoms. The van der Waals surface area contributed by atoms with Crippen molar-refractivity contribution in [1.82, 2.24) is 0 Å². The molecule has 1 unspecified atom stereocenters. The molecular weight excluding hydrogens is 246 g/mol. The van der Waals surface area contributed by atoms with Crippen molar-refractivity contribution in [3.8, 4) is 0 Å². The van der Waals surface area contributed by atoms with Crippen molar-refractivity contribution in [2.24, 2.45) is 5.73 Å². The number of hydrogen-bond donors (Lipinski definition) is 1. The van der Waals surface area contributed by atoms with E-state index >= 15 is 0 Å². The van der Waals surface area contributed by atoms with Gasteiger partial charge in [0.1, 0.15) is 0 Å². The van der Waals surface area contributed by atoms with Crippen LogP contribution in [0, 0.1) is 0 Å². The summed E-state index contributed by atoms with van der Waals surface area (Å²) in [5, 5.41) is 0. The molecule has 0 aliphatic carbocycles. The Morgan fingerprint density at radius 2 is 2.15 bits per heavy atom. The zero-order valence-corrected chi connectivity index (χ0v) is 10.1. The van der Waals surface area contributed by atoms with Crippen molar-refractivity contribution in [1.29, 1.82) is 0 Å². The van der Waals surface area contributed by atoms with Crippen LogP contribution in [0.4, 0.5) is 0 Å². The van der Waals surface area contributed by atoms with Gasteiger partial charge in [0.2, 0.25) is 0 Å². The molecule has 0 bridgehead atoms. The maximum Gasteiger partial charge on any atom is 0.0207 e. The van der Waals surface area contributed by atoms with Crippen LogP contribution in [-0.4, -0.2) is 18.1 Å². The largest absolute Gasteiger partial charge is 0.327 e. The van der Waals surface area contributed by atoms with Gasteiger partial charge in [0.15, 0.2) is 0 Å². The molecule has 1 aromatic carbocycles. The lowest BCUT2D eigenvalue weighted by atomic mass is 10.1. The first kappa shape index (κ1) is 11.1. The summed E-state index contributed by atoms with van der Waals surface area (Å²) in [7, 11) is 0. The Hall–Kier alpha value is 0.01000. The van der Waals surface area contributed by atoms with Crippen molar-refractivity contribution in [3.63, 3.8) is 0 Å². The number of hydrogen-bond acceptors (Lipinski definition) is 2. The number of rotatable bonds is 4. The Labute approximate surface area is 92.2 Å². The molecule has 0 saturated carbocycles. The lowest BCUT2D eigenvalue weighted by Gasteiger charge is -2.10. The quantitative estimate of drug-likeness (QED) is 0.900. The summed E-state index contributed by atoms with van der Waals surface area (Å²) in [6.45, 7) is 0. The van der Waals surface area contributed by atoms with Crippen LogP contribution in [0.3, 0.4) is 0 Å². The maximum atomic E-state index is 5.94. The van der Waals surface area contributed by atoms with Crippen LogP contribution in [0.25, 0.3) is 0 Å². The molecule has 0 heterocycles. The fourth-order valence-electron chi connectivity index (χ4n) is 1.22. The second-order valence-corrected chi connectivity index (χ2v) is 4.78. The van der Waals surface area contributed by atoms with E-state index in [0.717, 1.165) is 16.6 Å². The van der Waals surface area contributed by atoms with Crippen molar-refractivity contribution >= 4 is 27.7 Å². The molecule has 1 nitrogen and oxygen atoms in total. The molecule has 1 atom stereocenters. The predicted octanol–water partition coefficient (Wildman–Crippen LogP) is 2.68. The molecule has 0 fully saturated rings. The summed E-state index contributed by atoms with van der Waals surface area (Å²) >= 11 is 5.31. The third-order valence-electron chi connectivity index (χ3n) is 1.82. The average Bonchev–Trinajstić information content (AvgIpc) is 2.09. The molecule has 0 aromatic heterocycles. The second-order valence-electron chi connectivity index (χ2n) is 3.01. The van der Waals surface area contributed by atoms with Gasteiger partial charge in [-0.2, -0.15) is 11.8 Å². The molecule has 0 saturated heterocycles. The highest BCUT2D eigenvalue weighted by Crippen LogP contribution is 2.17. The highest BCUT2D eigenvalue weighted by Gasteiger charge is 2.05. The van der Waals surface area contributed by atoms with E-state index in [1.165, 1.54) is 5.56 Å². The van der Waals surface area contributed by atoms with E-state index in [2.05, 4.69) is 34.3 Å². The smallest absolute Gasteiger partial charge is 0.0207 e. The lowest BCUT2D eigenvalue weighted by Crippen LogP contribution is -2.25. The monoisotopic (exact) mass is 259 g/mol. The topological polar surface area (TPSA) is 26.0 Å². The van der Waals surface area contributed by atoms with E-state index in [0.29, 0.717) is 0 Å². The summed E-state index contributed by atoms with van der Waals surface area (Å²) in [4.78, 5) is 0. The average molecular weight is 260 g/mol. The normalized spacial score (nSPS) is 12.8. The fourth-order valence-corrected chi connectivity index (χ4v) is 2.21. The Morgan fingerprint density at radius 3 is 2.77 bits per heavy atom. The van der Waals surface area contributed by atoms with Gasteiger partial charge in [-0.1, -0.05) is 34.1 Å². The maximum absolute atomic E-state index is 5.94. The molecule has 0 aliphatic heterocycles. The van der Waals surface area contributed by atoms with E-state index in [1.807, 2.05) is 12.1 Å². The SMILES string of the molecule is CSCC(N)Cc1ccccc1Br. The van der Waals surface area contributed by atoms with Crippen LogP contribution in [0.5, 0.6) is 0 Å². The van der Waals surface area contributed by atoms with Crippen LogP contribution in [0.2, 0.25) is 0 Å². The van der Waals surface area contributed by atoms with Crippen LogP contribution in [0.15, 0.2) is 28.7 Å². The highest BCUT2D eigenvalue weighted by molar-refractivity contribution is 9.10. The molecule has 2 N–H and O–H groups in total. The summed E-state index contributed by atoms with van der Waals surface area (Å²) in [5.74, 6) is 1.02. The summed E-state index contributed by atoms with van der Waals surface area (Å²) in [6.07, 6.45) is 3.03. The number of nitrogens with two attached hydrogens (primary N) is 1. The molecule has 3 heteroatoms. The number of thioether (sulfide) groups is 1. The zero-order valence-electron chi connectivity index (χ0n) is 7.66. The van der Waals surface area contributed by atoms with Crippen LogP contribution in [0.1, 0.15) is 5.56 Å². The van der Waals surface area contributed by atoms with E-state index in [9.17, 15) is 0 Å². The van der Waals surface area contributed by atoms with Gasteiger partial charge >= 0.3 is 0 Å². The first-order valence-electron chi connectivity index (χ1n) is 4.22. The van der Waals surface area contributed by atoms with Gasteiger partial charge < -0.3 is 5.73 Å². The van der Waals surface area contributed by atoms with Gasteiger partial charge in [-0.3, -0.25) is 0 Å². The van der Waals surface area contributed by atoms with E-state index in [-0.39, 0.29) is 6.04 Å². The number of benzene rings is 1. The molecule has 1 aromatic rings. The third-order valence-corrected chi connectivity index (χ3v) is 3.36. The summed E-state index contributed by atoms with van der Waals surface area (Å²) in [6, 6.07) is 8.50. The second kappa shape index (κ2) is 5.68. The lowest BCUT2D eigenvalue weighted by molar-refractivity contribution is 0.747. The molecule has 0 aliphatic rings. The minimum absolute atomic E-state index is 0.258. The molecule has 1 rings (SSSR count). The van der Waals surface area contributed by atoms with Gasteiger partial charge in [-0.15, -0.1) is 0 Å². The van der Waals surface area contributed by atoms with Crippen molar-refractivity contribution in [3.05, 3.63) is 34.3 Å². The van der Waals surface area contributed by atoms with Crippen molar-refractivity contribution in [2.75, 3.05) is 12.0 Å². The third kappa shape index (κ3) is 3.71. The summed E-state index contributed by atoms with van der Waals surface area (Å²) in [5.41, 5.74) is 7.24. The van der Waals surface area contributed by atoms with E-state index in [1.54, 1.807) is 11.8 Å². The van der Waals surface area contributed by atoms with Gasteiger partial charge in [0, 0.05) is 16.3 Å². The number of halogens is 1. The minimum Gasteiger partial charge on any atom is -0.327 e. The van der Waals surface area contributed by atoms with E-state index < -0.39 is 0 Å². The standard InChI is InChI=1S/C10H14BrNS/c1-13-7-9(12)6-8-4-2-3-5-10(8)11/h2-5,9H,6-7,12H2,1H3. The molecule has 0 radical (unpaired) electrons. The van der Waals surface area contributed by atoms with Gasteiger partial charge in [-0.05, 0) is 24.3 Å². The fraction of sp³-hybridized carbons (Fsp3) is 0.400. The molecule has 13 heavy (non-hydrogen) atoms. The van der Waals surface area contributed by atoms with Gasteiger partial charge in [-0.25, -0.2) is 0 Å². The first-order valence-corrected chi connectivity index (χ1v) is 6.40. The van der Waals surface area contributed by atoms with Crippen LogP contribution in [-0.2, 0) is 6.42 Å². The van der Waals surface area contributed by atoms with Gasteiger partial charge in [0.05, 0.1) is 0 Å². The minimum atomic E-state index is 0.258. The zero-order chi connectivity index (χ0) is 9.68. The highest BCUT2D eigenvalue weighted by atomic mass is 79.9. The molecule has 0 amide bonds.